The molecule has 1 fully saturated rings. The van der Waals surface area contributed by atoms with Crippen LogP contribution in [0.25, 0.3) is 0 Å². The summed E-state index contributed by atoms with van der Waals surface area (Å²) < 4.78 is 25.7. The third-order valence-electron chi connectivity index (χ3n) is 2.56. The average Bonchev–Trinajstić information content (AvgIpc) is 2.70. The second-order valence-corrected chi connectivity index (χ2v) is 5.79. The maximum atomic E-state index is 11.6. The number of sulfonamides is 1. The number of hydrogen-bond acceptors (Lipinski definition) is 3. The molecule has 0 bridgehead atoms. The summed E-state index contributed by atoms with van der Waals surface area (Å²) in [5.74, 6) is 0. The molecule has 1 heterocycles. The van der Waals surface area contributed by atoms with Gasteiger partial charge in [0.1, 0.15) is 0 Å². The Balaban J connectivity index is 2.03. The first kappa shape index (κ1) is 9.67. The van der Waals surface area contributed by atoms with Crippen LogP contribution in [0.3, 0.4) is 0 Å². The summed E-state index contributed by atoms with van der Waals surface area (Å²) in [6, 6.07) is 0. The van der Waals surface area contributed by atoms with E-state index in [9.17, 15) is 8.42 Å². The lowest BCUT2D eigenvalue weighted by Gasteiger charge is -2.08. The maximum absolute atomic E-state index is 11.6. The zero-order chi connectivity index (χ0) is 10.2. The highest BCUT2D eigenvalue weighted by molar-refractivity contribution is 7.89. The van der Waals surface area contributed by atoms with Crippen LogP contribution in [0.4, 0.5) is 0 Å². The van der Waals surface area contributed by atoms with Gasteiger partial charge in [0.2, 0.25) is 0 Å². The topological polar surface area (TPSA) is 74.8 Å². The predicted molar refractivity (Wildman–Crippen MR) is 51.1 cm³/mol. The largest absolute Gasteiger partial charge is 0.335 e. The van der Waals surface area contributed by atoms with Crippen molar-refractivity contribution in [2.45, 2.75) is 24.8 Å². The Bertz CT molecular complexity index is 406. The summed E-state index contributed by atoms with van der Waals surface area (Å²) in [4.78, 5) is 6.25. The van der Waals surface area contributed by atoms with Crippen molar-refractivity contribution in [3.63, 3.8) is 0 Å². The molecule has 1 aromatic heterocycles. The van der Waals surface area contributed by atoms with Crippen molar-refractivity contribution in [2.75, 3.05) is 6.54 Å². The third-order valence-corrected chi connectivity index (χ3v) is 3.88. The van der Waals surface area contributed by atoms with E-state index < -0.39 is 10.0 Å². The van der Waals surface area contributed by atoms with Crippen LogP contribution in [0.5, 0.6) is 0 Å². The van der Waals surface area contributed by atoms with Crippen molar-refractivity contribution >= 4 is 10.0 Å². The molecule has 1 saturated carbocycles. The van der Waals surface area contributed by atoms with Gasteiger partial charge in [0, 0.05) is 6.54 Å². The lowest BCUT2D eigenvalue weighted by molar-refractivity contribution is 0.529. The van der Waals surface area contributed by atoms with E-state index in [-0.39, 0.29) is 10.4 Å². The number of H-pyrrole nitrogens is 1. The molecule has 0 saturated heterocycles. The number of rotatable bonds is 4. The molecule has 78 valence electrons. The molecule has 0 aliphatic heterocycles. The molecule has 0 spiro atoms. The SMILES string of the molecule is CC1(CNS(=O)(=O)c2cnc[nH]2)CC1. The van der Waals surface area contributed by atoms with Gasteiger partial charge in [-0.2, -0.15) is 0 Å². The number of nitrogens with zero attached hydrogens (tertiary/aromatic N) is 1. The first-order valence-corrected chi connectivity index (χ1v) is 5.98. The van der Waals surface area contributed by atoms with E-state index in [4.69, 9.17) is 0 Å². The van der Waals surface area contributed by atoms with Gasteiger partial charge in [-0.3, -0.25) is 0 Å². The van der Waals surface area contributed by atoms with Crippen LogP contribution in [0, 0.1) is 5.41 Å². The molecule has 0 amide bonds. The molecule has 2 N–H and O–H groups in total. The quantitative estimate of drug-likeness (QED) is 0.767. The zero-order valence-electron chi connectivity index (χ0n) is 7.95. The summed E-state index contributed by atoms with van der Waals surface area (Å²) in [6.45, 7) is 2.58. The zero-order valence-corrected chi connectivity index (χ0v) is 8.76. The Kier molecular flexibility index (Phi) is 2.11. The molecule has 0 radical (unpaired) electrons. The summed E-state index contributed by atoms with van der Waals surface area (Å²) in [7, 11) is -3.38. The summed E-state index contributed by atoms with van der Waals surface area (Å²) in [5, 5.41) is 0.127. The molecule has 0 unspecified atom stereocenters. The molecule has 0 aromatic carbocycles. The Morgan fingerprint density at radius 3 is 2.86 bits per heavy atom. The highest BCUT2D eigenvalue weighted by Gasteiger charge is 2.38. The molecule has 1 aliphatic rings. The Morgan fingerprint density at radius 1 is 1.64 bits per heavy atom. The molecular formula is C8H13N3O2S. The van der Waals surface area contributed by atoms with Crippen molar-refractivity contribution in [3.05, 3.63) is 12.5 Å². The molecule has 1 aromatic rings. The molecule has 1 aliphatic carbocycles. The third kappa shape index (κ3) is 1.96. The van der Waals surface area contributed by atoms with Crippen LogP contribution in [0.1, 0.15) is 19.8 Å². The molecule has 0 atom stereocenters. The van der Waals surface area contributed by atoms with Crippen molar-refractivity contribution in [3.8, 4) is 0 Å². The molecule has 6 heteroatoms. The fourth-order valence-electron chi connectivity index (χ4n) is 1.13. The van der Waals surface area contributed by atoms with Gasteiger partial charge in [0.05, 0.1) is 12.5 Å². The molecule has 5 nitrogen and oxygen atoms in total. The van der Waals surface area contributed by atoms with Crippen LogP contribution >= 0.6 is 0 Å². The highest BCUT2D eigenvalue weighted by Crippen LogP contribution is 2.44. The summed E-state index contributed by atoms with van der Waals surface area (Å²) in [6.07, 6.45) is 4.85. The summed E-state index contributed by atoms with van der Waals surface area (Å²) >= 11 is 0. The van der Waals surface area contributed by atoms with Gasteiger partial charge < -0.3 is 4.98 Å². The number of nitrogens with one attached hydrogen (secondary N) is 2. The monoisotopic (exact) mass is 215 g/mol. The minimum atomic E-state index is -3.38. The normalized spacial score (nSPS) is 19.5. The van der Waals surface area contributed by atoms with Gasteiger partial charge in [-0.15, -0.1) is 0 Å². The smallest absolute Gasteiger partial charge is 0.257 e. The Labute approximate surface area is 83.0 Å². The van der Waals surface area contributed by atoms with Gasteiger partial charge in [-0.05, 0) is 18.3 Å². The van der Waals surface area contributed by atoms with Crippen molar-refractivity contribution < 1.29 is 8.42 Å². The van der Waals surface area contributed by atoms with Crippen molar-refractivity contribution in [1.29, 1.82) is 0 Å². The lowest BCUT2D eigenvalue weighted by Crippen LogP contribution is -2.29. The minimum Gasteiger partial charge on any atom is -0.335 e. The van der Waals surface area contributed by atoms with Gasteiger partial charge >= 0.3 is 0 Å². The second kappa shape index (κ2) is 3.06. The van der Waals surface area contributed by atoms with E-state index in [2.05, 4.69) is 21.6 Å². The Morgan fingerprint density at radius 2 is 2.36 bits per heavy atom. The first-order valence-electron chi connectivity index (χ1n) is 4.50. The second-order valence-electron chi connectivity index (χ2n) is 4.05. The standard InChI is InChI=1S/C8H13N3O2S/c1-8(2-3-8)5-11-14(12,13)7-4-9-6-10-7/h4,6,11H,2-3,5H2,1H3,(H,9,10). The lowest BCUT2D eigenvalue weighted by atomic mass is 10.2. The van der Waals surface area contributed by atoms with Gasteiger partial charge in [0.25, 0.3) is 10.0 Å². The van der Waals surface area contributed by atoms with Crippen molar-refractivity contribution in [2.24, 2.45) is 5.41 Å². The first-order chi connectivity index (χ1) is 6.52. The van der Waals surface area contributed by atoms with E-state index in [0.29, 0.717) is 6.54 Å². The van der Waals surface area contributed by atoms with E-state index >= 15 is 0 Å². The average molecular weight is 215 g/mol. The number of aromatic nitrogens is 2. The van der Waals surface area contributed by atoms with Crippen LogP contribution in [-0.4, -0.2) is 24.9 Å². The molecule has 2 rings (SSSR count). The maximum Gasteiger partial charge on any atom is 0.257 e. The molecular weight excluding hydrogens is 202 g/mol. The predicted octanol–water partition coefficient (Wildman–Crippen LogP) is 0.488. The van der Waals surface area contributed by atoms with E-state index in [1.54, 1.807) is 0 Å². The highest BCUT2D eigenvalue weighted by atomic mass is 32.2. The summed E-state index contributed by atoms with van der Waals surface area (Å²) in [5.41, 5.74) is 0.174. The molecule has 14 heavy (non-hydrogen) atoms. The van der Waals surface area contributed by atoms with Crippen LogP contribution in [0.2, 0.25) is 0 Å². The number of imidazole rings is 1. The fourth-order valence-corrected chi connectivity index (χ4v) is 2.23. The minimum absolute atomic E-state index is 0.127. The van der Waals surface area contributed by atoms with E-state index in [1.165, 1.54) is 12.5 Å². The fraction of sp³-hybridized carbons (Fsp3) is 0.625. The van der Waals surface area contributed by atoms with Crippen LogP contribution < -0.4 is 4.72 Å². The van der Waals surface area contributed by atoms with E-state index in [0.717, 1.165) is 12.8 Å². The number of hydrogen-bond donors (Lipinski definition) is 2. The number of aromatic amines is 1. The van der Waals surface area contributed by atoms with Crippen molar-refractivity contribution in [1.82, 2.24) is 14.7 Å². The van der Waals surface area contributed by atoms with Gasteiger partial charge in [0.15, 0.2) is 5.03 Å². The van der Waals surface area contributed by atoms with Crippen LogP contribution in [0.15, 0.2) is 17.6 Å². The van der Waals surface area contributed by atoms with Gasteiger partial charge in [-0.1, -0.05) is 6.92 Å². The Hall–Kier alpha value is -0.880. The van der Waals surface area contributed by atoms with Crippen LogP contribution in [-0.2, 0) is 10.0 Å². The van der Waals surface area contributed by atoms with Gasteiger partial charge in [-0.25, -0.2) is 18.1 Å². The van der Waals surface area contributed by atoms with E-state index in [1.807, 2.05) is 0 Å².